The van der Waals surface area contributed by atoms with Crippen molar-refractivity contribution in [3.63, 3.8) is 0 Å². The molecule has 168 valence electrons. The molecule has 1 aliphatic heterocycles. The molecule has 0 radical (unpaired) electrons. The molecule has 33 heavy (non-hydrogen) atoms. The van der Waals surface area contributed by atoms with Crippen molar-refractivity contribution in [2.45, 2.75) is 40.2 Å². The number of hydrogen-bond acceptors (Lipinski definition) is 6. The quantitative estimate of drug-likeness (QED) is 0.479. The predicted molar refractivity (Wildman–Crippen MR) is 133 cm³/mol. The first-order valence-corrected chi connectivity index (χ1v) is 11.5. The van der Waals surface area contributed by atoms with E-state index in [9.17, 15) is 0 Å². The normalized spacial score (nSPS) is 15.8. The Kier molecular flexibility index (Phi) is 5.54. The maximum Gasteiger partial charge on any atom is 0.165 e. The lowest BCUT2D eigenvalue weighted by atomic mass is 9.85. The van der Waals surface area contributed by atoms with Gasteiger partial charge in [-0.1, -0.05) is 26.0 Å². The van der Waals surface area contributed by atoms with Crippen molar-refractivity contribution >= 4 is 22.5 Å². The molecule has 0 saturated heterocycles. The van der Waals surface area contributed by atoms with Gasteiger partial charge in [0.1, 0.15) is 11.6 Å². The number of anilines is 2. The van der Waals surface area contributed by atoms with Gasteiger partial charge in [-0.3, -0.25) is 4.98 Å². The minimum absolute atomic E-state index is 0.271. The van der Waals surface area contributed by atoms with Crippen LogP contribution in [0.1, 0.15) is 42.2 Å². The van der Waals surface area contributed by atoms with Crippen molar-refractivity contribution in [3.05, 3.63) is 83.1 Å². The number of rotatable bonds is 4. The van der Waals surface area contributed by atoms with Gasteiger partial charge in [-0.25, -0.2) is 15.0 Å². The van der Waals surface area contributed by atoms with Crippen molar-refractivity contribution in [1.29, 1.82) is 0 Å². The van der Waals surface area contributed by atoms with Crippen LogP contribution in [0.4, 0.5) is 11.5 Å². The van der Waals surface area contributed by atoms with Crippen LogP contribution < -0.4 is 5.32 Å². The third-order valence-corrected chi connectivity index (χ3v) is 6.09. The maximum absolute atomic E-state index is 4.80. The summed E-state index contributed by atoms with van der Waals surface area (Å²) in [6.45, 7) is 8.64. The Balaban J connectivity index is 1.45. The molecule has 5 rings (SSSR count). The van der Waals surface area contributed by atoms with Gasteiger partial charge in [0.2, 0.25) is 0 Å². The fourth-order valence-corrected chi connectivity index (χ4v) is 4.85. The minimum Gasteiger partial charge on any atom is -0.340 e. The number of aryl methyl sites for hydroxylation is 1. The third-order valence-electron chi connectivity index (χ3n) is 6.09. The second kappa shape index (κ2) is 8.52. The number of nitrogens with zero attached hydrogens (tertiary/aromatic N) is 5. The Labute approximate surface area is 195 Å². The predicted octanol–water partition coefficient (Wildman–Crippen LogP) is 5.08. The van der Waals surface area contributed by atoms with Gasteiger partial charge in [0.15, 0.2) is 5.65 Å². The van der Waals surface area contributed by atoms with Crippen molar-refractivity contribution in [3.8, 4) is 0 Å². The molecule has 1 aromatic carbocycles. The summed E-state index contributed by atoms with van der Waals surface area (Å²) in [7, 11) is 2.20. The second-order valence-corrected chi connectivity index (χ2v) is 9.91. The number of nitrogens with one attached hydrogen (secondary N) is 1. The van der Waals surface area contributed by atoms with Crippen LogP contribution in [0.3, 0.4) is 0 Å². The van der Waals surface area contributed by atoms with Crippen LogP contribution in [0.15, 0.2) is 54.7 Å². The second-order valence-electron chi connectivity index (χ2n) is 9.91. The highest BCUT2D eigenvalue weighted by atomic mass is 15.1. The molecule has 4 heterocycles. The average molecular weight is 439 g/mol. The van der Waals surface area contributed by atoms with E-state index in [0.29, 0.717) is 17.9 Å². The summed E-state index contributed by atoms with van der Waals surface area (Å²) in [5.41, 5.74) is 6.76. The highest BCUT2D eigenvalue weighted by molar-refractivity contribution is 5.88. The summed E-state index contributed by atoms with van der Waals surface area (Å²) in [5.74, 6) is 1.49. The van der Waals surface area contributed by atoms with Gasteiger partial charge in [-0.05, 0) is 73.3 Å². The number of fused-ring (bicyclic) bond motifs is 2. The first-order chi connectivity index (χ1) is 15.8. The van der Waals surface area contributed by atoms with Crippen LogP contribution in [-0.4, -0.2) is 38.4 Å². The fraction of sp³-hybridized carbons (Fsp3) is 0.333. The molecular weight excluding hydrogens is 408 g/mol. The number of hydrogen-bond donors (Lipinski definition) is 1. The molecule has 1 N–H and O–H groups in total. The van der Waals surface area contributed by atoms with E-state index < -0.39 is 0 Å². The molecule has 0 saturated carbocycles. The van der Waals surface area contributed by atoms with E-state index in [2.05, 4.69) is 65.3 Å². The van der Waals surface area contributed by atoms with Crippen molar-refractivity contribution < 1.29 is 0 Å². The molecule has 0 atom stereocenters. The molecular formula is C27H30N6. The molecule has 6 heteroatoms. The van der Waals surface area contributed by atoms with Gasteiger partial charge in [0, 0.05) is 42.8 Å². The summed E-state index contributed by atoms with van der Waals surface area (Å²) in [4.78, 5) is 20.9. The Bertz CT molecular complexity index is 1300. The molecule has 3 aromatic heterocycles. The molecule has 0 unspecified atom stereocenters. The molecule has 0 bridgehead atoms. The van der Waals surface area contributed by atoms with Crippen LogP contribution in [0.5, 0.6) is 0 Å². The fourth-order valence-electron chi connectivity index (χ4n) is 4.85. The molecule has 1 aliphatic rings. The van der Waals surface area contributed by atoms with Crippen LogP contribution >= 0.6 is 0 Å². The monoisotopic (exact) mass is 438 g/mol. The van der Waals surface area contributed by atoms with Gasteiger partial charge in [0.25, 0.3) is 0 Å². The van der Waals surface area contributed by atoms with Gasteiger partial charge in [0.05, 0.1) is 5.39 Å². The van der Waals surface area contributed by atoms with Gasteiger partial charge in [-0.15, -0.1) is 0 Å². The Morgan fingerprint density at radius 1 is 0.970 bits per heavy atom. The third kappa shape index (κ3) is 4.86. The van der Waals surface area contributed by atoms with E-state index in [4.69, 9.17) is 9.97 Å². The van der Waals surface area contributed by atoms with Crippen LogP contribution in [0, 0.1) is 12.3 Å². The number of aromatic nitrogens is 4. The lowest BCUT2D eigenvalue weighted by molar-refractivity contribution is 0.215. The van der Waals surface area contributed by atoms with Crippen molar-refractivity contribution in [2.75, 3.05) is 18.9 Å². The average Bonchev–Trinajstić information content (AvgIpc) is 2.87. The smallest absolute Gasteiger partial charge is 0.165 e. The molecule has 0 amide bonds. The minimum atomic E-state index is 0.271. The molecule has 0 fully saturated rings. The number of benzene rings is 1. The van der Waals surface area contributed by atoms with E-state index in [-0.39, 0.29) is 5.41 Å². The van der Waals surface area contributed by atoms with Crippen LogP contribution in [0.2, 0.25) is 0 Å². The zero-order valence-corrected chi connectivity index (χ0v) is 19.8. The Hall–Kier alpha value is -3.38. The molecule has 6 nitrogen and oxygen atoms in total. The number of pyridine rings is 2. The van der Waals surface area contributed by atoms with Crippen molar-refractivity contribution in [1.82, 2.24) is 24.8 Å². The Morgan fingerprint density at radius 2 is 1.85 bits per heavy atom. The molecule has 0 aliphatic carbocycles. The topological polar surface area (TPSA) is 66.8 Å². The van der Waals surface area contributed by atoms with Gasteiger partial charge in [-0.2, -0.15) is 0 Å². The van der Waals surface area contributed by atoms with Crippen LogP contribution in [0.25, 0.3) is 11.0 Å². The zero-order valence-electron chi connectivity index (χ0n) is 19.8. The summed E-state index contributed by atoms with van der Waals surface area (Å²) in [6, 6.07) is 16.7. The molecule has 0 spiro atoms. The summed E-state index contributed by atoms with van der Waals surface area (Å²) < 4.78 is 0. The highest BCUT2D eigenvalue weighted by Crippen LogP contribution is 2.32. The van der Waals surface area contributed by atoms with E-state index in [1.807, 2.05) is 37.4 Å². The SMILES string of the molecule is Cc1nc(Nc2ccc3c(c2)CN(C)CC(C)(C)C3)c2ccc(Cc3ccccn3)nc2n1. The van der Waals surface area contributed by atoms with E-state index in [1.165, 1.54) is 11.1 Å². The van der Waals surface area contributed by atoms with Gasteiger partial charge < -0.3 is 10.2 Å². The van der Waals surface area contributed by atoms with E-state index in [1.54, 1.807) is 0 Å². The Morgan fingerprint density at radius 3 is 2.67 bits per heavy atom. The van der Waals surface area contributed by atoms with E-state index in [0.717, 1.165) is 47.8 Å². The molecule has 4 aromatic rings. The first kappa shape index (κ1) is 21.5. The first-order valence-electron chi connectivity index (χ1n) is 11.5. The largest absolute Gasteiger partial charge is 0.340 e. The lowest BCUT2D eigenvalue weighted by Crippen LogP contribution is -2.29. The summed E-state index contributed by atoms with van der Waals surface area (Å²) >= 11 is 0. The summed E-state index contributed by atoms with van der Waals surface area (Å²) in [5, 5.41) is 4.46. The van der Waals surface area contributed by atoms with Crippen molar-refractivity contribution in [2.24, 2.45) is 5.41 Å². The van der Waals surface area contributed by atoms with E-state index >= 15 is 0 Å². The summed E-state index contributed by atoms with van der Waals surface area (Å²) in [6.07, 6.45) is 3.58. The highest BCUT2D eigenvalue weighted by Gasteiger charge is 2.26. The van der Waals surface area contributed by atoms with Crippen LogP contribution in [-0.2, 0) is 19.4 Å². The lowest BCUT2D eigenvalue weighted by Gasteiger charge is -2.26. The standard InChI is InChI=1S/C27H30N6/c1-18-29-25(24-11-10-23(32-26(24)30-18)14-21-7-5-6-12-28-21)31-22-9-8-19-15-27(2,3)17-33(4)16-20(19)13-22/h5-13H,14-17H2,1-4H3,(H,29,30,31,32). The van der Waals surface area contributed by atoms with Gasteiger partial charge >= 0.3 is 0 Å². The zero-order chi connectivity index (χ0) is 23.0. The maximum atomic E-state index is 4.80.